The van der Waals surface area contributed by atoms with E-state index in [0.29, 0.717) is 0 Å². The molecule has 0 fully saturated rings. The van der Waals surface area contributed by atoms with Gasteiger partial charge in [-0.1, -0.05) is 48.5 Å². The van der Waals surface area contributed by atoms with Gasteiger partial charge < -0.3 is 10.6 Å². The Morgan fingerprint density at radius 3 is 2.31 bits per heavy atom. The molecule has 134 valence electrons. The van der Waals surface area contributed by atoms with E-state index < -0.39 is 0 Å². The van der Waals surface area contributed by atoms with E-state index in [-0.39, 0.29) is 12.4 Å². The van der Waals surface area contributed by atoms with Crippen LogP contribution in [0.3, 0.4) is 0 Å². The minimum absolute atomic E-state index is 0. The zero-order chi connectivity index (χ0) is 16.9. The third-order valence-corrected chi connectivity index (χ3v) is 4.47. The Morgan fingerprint density at radius 2 is 1.54 bits per heavy atom. The van der Waals surface area contributed by atoms with Gasteiger partial charge in [-0.15, -0.1) is 12.4 Å². The predicted molar refractivity (Wildman–Crippen MR) is 109 cm³/mol. The minimum Gasteiger partial charge on any atom is -0.340 e. The highest BCUT2D eigenvalue weighted by Crippen LogP contribution is 2.24. The van der Waals surface area contributed by atoms with Crippen LogP contribution in [0.15, 0.2) is 60.7 Å². The lowest BCUT2D eigenvalue weighted by Crippen LogP contribution is -2.16. The fraction of sp³-hybridized carbons (Fsp3) is 0.238. The molecule has 1 aliphatic heterocycles. The van der Waals surface area contributed by atoms with Gasteiger partial charge >= 0.3 is 0 Å². The van der Waals surface area contributed by atoms with Crippen LogP contribution >= 0.6 is 12.4 Å². The van der Waals surface area contributed by atoms with E-state index in [2.05, 4.69) is 47.0 Å². The van der Waals surface area contributed by atoms with Gasteiger partial charge in [0.1, 0.15) is 11.6 Å². The van der Waals surface area contributed by atoms with Crippen molar-refractivity contribution in [1.29, 1.82) is 0 Å². The van der Waals surface area contributed by atoms with Crippen molar-refractivity contribution in [3.8, 4) is 0 Å². The molecule has 0 unspecified atom stereocenters. The average Bonchev–Trinajstić information content (AvgIpc) is 2.89. The van der Waals surface area contributed by atoms with E-state index >= 15 is 0 Å². The average molecular weight is 367 g/mol. The minimum atomic E-state index is 0. The summed E-state index contributed by atoms with van der Waals surface area (Å²) >= 11 is 0. The van der Waals surface area contributed by atoms with Crippen LogP contribution in [-0.2, 0) is 19.3 Å². The Kier molecular flexibility index (Phi) is 6.21. The van der Waals surface area contributed by atoms with Crippen LogP contribution in [0.2, 0.25) is 0 Å². The summed E-state index contributed by atoms with van der Waals surface area (Å²) in [5.41, 5.74) is 4.71. The first-order chi connectivity index (χ1) is 12.4. The SMILES string of the molecule is Cl.c1ccc(Cc2nc3c(c(Nc4ccccc4)n2)CCNCC3)cc1. The van der Waals surface area contributed by atoms with Gasteiger partial charge in [-0.2, -0.15) is 0 Å². The van der Waals surface area contributed by atoms with Gasteiger partial charge in [0.05, 0.1) is 5.69 Å². The molecule has 0 atom stereocenters. The molecule has 4 nitrogen and oxygen atoms in total. The second kappa shape index (κ2) is 8.79. The summed E-state index contributed by atoms with van der Waals surface area (Å²) in [6.45, 7) is 1.94. The molecule has 0 saturated heterocycles. The lowest BCUT2D eigenvalue weighted by atomic mass is 10.1. The van der Waals surface area contributed by atoms with E-state index in [4.69, 9.17) is 9.97 Å². The molecule has 2 N–H and O–H groups in total. The first kappa shape index (κ1) is 18.4. The summed E-state index contributed by atoms with van der Waals surface area (Å²) in [6, 6.07) is 20.6. The Balaban J connectivity index is 0.00000196. The highest BCUT2D eigenvalue weighted by atomic mass is 35.5. The lowest BCUT2D eigenvalue weighted by molar-refractivity contribution is 0.708. The van der Waals surface area contributed by atoms with Crippen LogP contribution in [-0.4, -0.2) is 23.1 Å². The number of halogens is 1. The standard InChI is InChI=1S/C21H22N4.ClH/c1-3-7-16(8-4-1)15-20-24-19-12-14-22-13-11-18(19)21(25-20)23-17-9-5-2-6-10-17;/h1-10,22H,11-15H2,(H,23,24,25);1H. The summed E-state index contributed by atoms with van der Waals surface area (Å²) in [5, 5.41) is 6.97. The molecular formula is C21H23ClN4. The maximum Gasteiger partial charge on any atom is 0.137 e. The quantitative estimate of drug-likeness (QED) is 0.734. The predicted octanol–water partition coefficient (Wildman–Crippen LogP) is 3.92. The van der Waals surface area contributed by atoms with Crippen molar-refractivity contribution < 1.29 is 0 Å². The number of nitrogens with zero attached hydrogens (tertiary/aromatic N) is 2. The van der Waals surface area contributed by atoms with E-state index in [0.717, 1.165) is 49.7 Å². The zero-order valence-corrected chi connectivity index (χ0v) is 15.4. The second-order valence-electron chi connectivity index (χ2n) is 6.32. The number of nitrogens with one attached hydrogen (secondary N) is 2. The summed E-state index contributed by atoms with van der Waals surface area (Å²) in [4.78, 5) is 9.75. The highest BCUT2D eigenvalue weighted by Gasteiger charge is 2.17. The number of hydrogen-bond donors (Lipinski definition) is 2. The molecule has 0 amide bonds. The molecule has 0 spiro atoms. The summed E-state index contributed by atoms with van der Waals surface area (Å²) < 4.78 is 0. The fourth-order valence-corrected chi connectivity index (χ4v) is 3.22. The summed E-state index contributed by atoms with van der Waals surface area (Å²) in [7, 11) is 0. The number of hydrogen-bond acceptors (Lipinski definition) is 4. The van der Waals surface area contributed by atoms with Gasteiger partial charge in [0, 0.05) is 30.6 Å². The van der Waals surface area contributed by atoms with Crippen molar-refractivity contribution in [2.45, 2.75) is 19.3 Å². The second-order valence-corrected chi connectivity index (χ2v) is 6.32. The van der Waals surface area contributed by atoms with Crippen molar-refractivity contribution in [2.75, 3.05) is 18.4 Å². The molecule has 0 saturated carbocycles. The molecular weight excluding hydrogens is 344 g/mol. The van der Waals surface area contributed by atoms with Gasteiger partial charge in [0.15, 0.2) is 0 Å². The number of fused-ring (bicyclic) bond motifs is 1. The van der Waals surface area contributed by atoms with E-state index in [9.17, 15) is 0 Å². The zero-order valence-electron chi connectivity index (χ0n) is 14.6. The Morgan fingerprint density at radius 1 is 0.846 bits per heavy atom. The van der Waals surface area contributed by atoms with Crippen LogP contribution in [0.1, 0.15) is 22.6 Å². The van der Waals surface area contributed by atoms with E-state index in [1.54, 1.807) is 0 Å². The van der Waals surface area contributed by atoms with E-state index in [1.165, 1.54) is 16.8 Å². The number of para-hydroxylation sites is 1. The molecule has 2 aromatic carbocycles. The highest BCUT2D eigenvalue weighted by molar-refractivity contribution is 5.85. The first-order valence-corrected chi connectivity index (χ1v) is 8.84. The Labute approximate surface area is 160 Å². The van der Waals surface area contributed by atoms with Gasteiger partial charge in [-0.25, -0.2) is 9.97 Å². The molecule has 0 bridgehead atoms. The number of anilines is 2. The normalized spacial score (nSPS) is 13.2. The van der Waals surface area contributed by atoms with Gasteiger partial charge in [-0.3, -0.25) is 0 Å². The first-order valence-electron chi connectivity index (χ1n) is 8.84. The summed E-state index contributed by atoms with van der Waals surface area (Å²) in [5.74, 6) is 1.83. The monoisotopic (exact) mass is 366 g/mol. The van der Waals surface area contributed by atoms with E-state index in [1.807, 2.05) is 24.3 Å². The molecule has 4 rings (SSSR count). The number of benzene rings is 2. The van der Waals surface area contributed by atoms with Crippen molar-refractivity contribution in [2.24, 2.45) is 0 Å². The van der Waals surface area contributed by atoms with Gasteiger partial charge in [0.2, 0.25) is 0 Å². The third-order valence-electron chi connectivity index (χ3n) is 4.47. The third kappa shape index (κ3) is 4.40. The number of rotatable bonds is 4. The molecule has 26 heavy (non-hydrogen) atoms. The fourth-order valence-electron chi connectivity index (χ4n) is 3.22. The molecule has 3 aromatic rings. The van der Waals surface area contributed by atoms with Crippen molar-refractivity contribution in [1.82, 2.24) is 15.3 Å². The molecule has 2 heterocycles. The van der Waals surface area contributed by atoms with Crippen LogP contribution in [0.4, 0.5) is 11.5 Å². The van der Waals surface area contributed by atoms with Crippen molar-refractivity contribution in [3.63, 3.8) is 0 Å². The topological polar surface area (TPSA) is 49.8 Å². The Bertz CT molecular complexity index is 837. The van der Waals surface area contributed by atoms with Crippen molar-refractivity contribution in [3.05, 3.63) is 83.3 Å². The van der Waals surface area contributed by atoms with Gasteiger partial charge in [0.25, 0.3) is 0 Å². The maximum absolute atomic E-state index is 4.88. The molecule has 1 aromatic heterocycles. The Hall–Kier alpha value is -2.43. The molecule has 5 heteroatoms. The summed E-state index contributed by atoms with van der Waals surface area (Å²) in [6.07, 6.45) is 2.66. The maximum atomic E-state index is 4.88. The van der Waals surface area contributed by atoms with Crippen LogP contribution in [0.25, 0.3) is 0 Å². The van der Waals surface area contributed by atoms with Crippen LogP contribution < -0.4 is 10.6 Å². The molecule has 1 aliphatic rings. The number of aromatic nitrogens is 2. The van der Waals surface area contributed by atoms with Gasteiger partial charge in [-0.05, 0) is 30.7 Å². The lowest BCUT2D eigenvalue weighted by Gasteiger charge is -2.15. The van der Waals surface area contributed by atoms with Crippen molar-refractivity contribution >= 4 is 23.9 Å². The van der Waals surface area contributed by atoms with Crippen LogP contribution in [0, 0.1) is 0 Å². The smallest absolute Gasteiger partial charge is 0.137 e. The van der Waals surface area contributed by atoms with Crippen LogP contribution in [0.5, 0.6) is 0 Å². The molecule has 0 radical (unpaired) electrons. The molecule has 0 aliphatic carbocycles. The largest absolute Gasteiger partial charge is 0.340 e.